The minimum absolute atomic E-state index is 0.568. The fourth-order valence-corrected chi connectivity index (χ4v) is 4.14. The summed E-state index contributed by atoms with van der Waals surface area (Å²) in [7, 11) is 0. The summed E-state index contributed by atoms with van der Waals surface area (Å²) in [6.07, 6.45) is 7.87. The summed E-state index contributed by atoms with van der Waals surface area (Å²) >= 11 is 6.48. The van der Waals surface area contributed by atoms with Crippen molar-refractivity contribution >= 4 is 17.6 Å². The molecule has 108 valence electrons. The van der Waals surface area contributed by atoms with E-state index in [0.29, 0.717) is 12.3 Å². The lowest BCUT2D eigenvalue weighted by Gasteiger charge is -2.25. The van der Waals surface area contributed by atoms with E-state index in [9.17, 15) is 9.90 Å². The van der Waals surface area contributed by atoms with Crippen LogP contribution in [-0.4, -0.2) is 11.1 Å². The molecule has 0 heterocycles. The van der Waals surface area contributed by atoms with Crippen LogP contribution in [0.1, 0.15) is 68.1 Å². The van der Waals surface area contributed by atoms with E-state index in [0.717, 1.165) is 17.0 Å². The molecule has 0 aliphatic heterocycles. The van der Waals surface area contributed by atoms with E-state index in [1.54, 1.807) is 0 Å². The van der Waals surface area contributed by atoms with Gasteiger partial charge in [-0.05, 0) is 61.3 Å². The van der Waals surface area contributed by atoms with Crippen LogP contribution in [0.15, 0.2) is 12.1 Å². The molecular formula is C17H21ClO2. The Kier molecular flexibility index (Phi) is 3.53. The van der Waals surface area contributed by atoms with Crippen LogP contribution in [-0.2, 0) is 16.6 Å². The van der Waals surface area contributed by atoms with Crippen LogP contribution >= 0.6 is 11.6 Å². The summed E-state index contributed by atoms with van der Waals surface area (Å²) in [6, 6.07) is 4.13. The second-order valence-electron chi connectivity index (χ2n) is 6.50. The lowest BCUT2D eigenvalue weighted by Crippen LogP contribution is -2.29. The zero-order valence-corrected chi connectivity index (χ0v) is 12.7. The highest BCUT2D eigenvalue weighted by atomic mass is 35.5. The molecule has 2 nitrogen and oxygen atoms in total. The van der Waals surface area contributed by atoms with E-state index in [1.807, 2.05) is 13.0 Å². The van der Waals surface area contributed by atoms with Crippen molar-refractivity contribution in [2.75, 3.05) is 0 Å². The Morgan fingerprint density at radius 1 is 1.30 bits per heavy atom. The molecule has 3 rings (SSSR count). The Morgan fingerprint density at radius 3 is 2.65 bits per heavy atom. The molecule has 0 saturated heterocycles. The summed E-state index contributed by atoms with van der Waals surface area (Å²) in [5.41, 5.74) is 2.61. The minimum atomic E-state index is -0.760. The van der Waals surface area contributed by atoms with Crippen LogP contribution < -0.4 is 0 Å². The van der Waals surface area contributed by atoms with Gasteiger partial charge >= 0.3 is 5.97 Å². The maximum atomic E-state index is 11.5. The average molecular weight is 293 g/mol. The van der Waals surface area contributed by atoms with E-state index in [-0.39, 0.29) is 0 Å². The Hall–Kier alpha value is -1.02. The van der Waals surface area contributed by atoms with Gasteiger partial charge in [-0.2, -0.15) is 0 Å². The summed E-state index contributed by atoms with van der Waals surface area (Å²) < 4.78 is 0. The van der Waals surface area contributed by atoms with Crippen molar-refractivity contribution < 1.29 is 9.90 Å². The molecule has 1 fully saturated rings. The average Bonchev–Trinajstić information content (AvgIpc) is 2.77. The summed E-state index contributed by atoms with van der Waals surface area (Å²) in [6.45, 7) is 1.82. The molecule has 1 saturated carbocycles. The van der Waals surface area contributed by atoms with Gasteiger partial charge in [0.25, 0.3) is 0 Å². The van der Waals surface area contributed by atoms with Crippen molar-refractivity contribution in [1.29, 1.82) is 0 Å². The standard InChI is InChI=1S/C17H21ClO2/c1-17(16(19)20)8-7-12-9-13(15(18)10-14(12)17)11-5-3-2-4-6-11/h9-11H,2-8H2,1H3,(H,19,20). The number of carboxylic acid groups (broad SMARTS) is 1. The smallest absolute Gasteiger partial charge is 0.313 e. The highest BCUT2D eigenvalue weighted by Gasteiger charge is 2.41. The molecule has 0 spiro atoms. The van der Waals surface area contributed by atoms with E-state index >= 15 is 0 Å². The first-order valence-electron chi connectivity index (χ1n) is 7.58. The van der Waals surface area contributed by atoms with E-state index in [2.05, 4.69) is 6.07 Å². The molecule has 2 aliphatic carbocycles. The number of rotatable bonds is 2. The molecule has 0 aromatic heterocycles. The van der Waals surface area contributed by atoms with Gasteiger partial charge in [0.05, 0.1) is 5.41 Å². The van der Waals surface area contributed by atoms with Crippen molar-refractivity contribution in [1.82, 2.24) is 0 Å². The van der Waals surface area contributed by atoms with Gasteiger partial charge in [0.2, 0.25) is 0 Å². The number of halogens is 1. The maximum Gasteiger partial charge on any atom is 0.313 e. The summed E-state index contributed by atoms with van der Waals surface area (Å²) in [5.74, 6) is -0.170. The molecule has 0 amide bonds. The van der Waals surface area contributed by atoms with Crippen molar-refractivity contribution in [2.24, 2.45) is 0 Å². The van der Waals surface area contributed by atoms with Crippen molar-refractivity contribution in [3.8, 4) is 0 Å². The first-order chi connectivity index (χ1) is 9.52. The Labute approximate surface area is 125 Å². The molecule has 2 aliphatic rings. The van der Waals surface area contributed by atoms with Gasteiger partial charge in [-0.3, -0.25) is 4.79 Å². The first kappa shape index (κ1) is 13.9. The highest BCUT2D eigenvalue weighted by Crippen LogP contribution is 2.44. The lowest BCUT2D eigenvalue weighted by atomic mass is 9.80. The number of hydrogen-bond donors (Lipinski definition) is 1. The third kappa shape index (κ3) is 2.14. The monoisotopic (exact) mass is 292 g/mol. The molecule has 1 unspecified atom stereocenters. The van der Waals surface area contributed by atoms with Gasteiger partial charge in [0.15, 0.2) is 0 Å². The van der Waals surface area contributed by atoms with Crippen LogP contribution in [0.25, 0.3) is 0 Å². The quantitative estimate of drug-likeness (QED) is 0.859. The normalized spacial score (nSPS) is 26.5. The summed E-state index contributed by atoms with van der Waals surface area (Å²) in [4.78, 5) is 11.5. The number of aryl methyl sites for hydroxylation is 1. The fraction of sp³-hybridized carbons (Fsp3) is 0.588. The van der Waals surface area contributed by atoms with Gasteiger partial charge in [-0.1, -0.05) is 36.9 Å². The van der Waals surface area contributed by atoms with Crippen molar-refractivity contribution in [2.45, 2.75) is 63.2 Å². The zero-order chi connectivity index (χ0) is 14.3. The van der Waals surface area contributed by atoms with Crippen LogP contribution in [0.3, 0.4) is 0 Å². The molecular weight excluding hydrogens is 272 g/mol. The number of benzene rings is 1. The number of carboxylic acids is 1. The molecule has 20 heavy (non-hydrogen) atoms. The Bertz CT molecular complexity index is 546. The molecule has 0 radical (unpaired) electrons. The molecule has 3 heteroatoms. The number of fused-ring (bicyclic) bond motifs is 1. The van der Waals surface area contributed by atoms with Crippen LogP contribution in [0.5, 0.6) is 0 Å². The molecule has 1 aromatic carbocycles. The molecule has 0 bridgehead atoms. The highest BCUT2D eigenvalue weighted by molar-refractivity contribution is 6.31. The second-order valence-corrected chi connectivity index (χ2v) is 6.91. The van der Waals surface area contributed by atoms with Crippen LogP contribution in [0.2, 0.25) is 5.02 Å². The molecule has 1 N–H and O–H groups in total. The fourth-order valence-electron chi connectivity index (χ4n) is 3.83. The Morgan fingerprint density at radius 2 is 2.00 bits per heavy atom. The number of hydrogen-bond acceptors (Lipinski definition) is 1. The van der Waals surface area contributed by atoms with Crippen molar-refractivity contribution in [3.63, 3.8) is 0 Å². The SMILES string of the molecule is CC1(C(=O)O)CCc2cc(C3CCCCC3)c(Cl)cc21. The predicted octanol–water partition coefficient (Wildman–Crippen LogP) is 4.68. The van der Waals surface area contributed by atoms with E-state index in [1.165, 1.54) is 43.2 Å². The molecule has 1 atom stereocenters. The minimum Gasteiger partial charge on any atom is -0.481 e. The largest absolute Gasteiger partial charge is 0.481 e. The van der Waals surface area contributed by atoms with Crippen LogP contribution in [0, 0.1) is 0 Å². The van der Waals surface area contributed by atoms with Gasteiger partial charge in [0.1, 0.15) is 0 Å². The number of aliphatic carboxylic acids is 1. The third-order valence-electron chi connectivity index (χ3n) is 5.23. The van der Waals surface area contributed by atoms with Gasteiger partial charge in [-0.15, -0.1) is 0 Å². The lowest BCUT2D eigenvalue weighted by molar-refractivity contribution is -0.143. The molecule has 1 aromatic rings. The zero-order valence-electron chi connectivity index (χ0n) is 11.9. The van der Waals surface area contributed by atoms with Crippen LogP contribution in [0.4, 0.5) is 0 Å². The van der Waals surface area contributed by atoms with Gasteiger partial charge < -0.3 is 5.11 Å². The predicted molar refractivity (Wildman–Crippen MR) is 80.6 cm³/mol. The van der Waals surface area contributed by atoms with E-state index in [4.69, 9.17) is 11.6 Å². The first-order valence-corrected chi connectivity index (χ1v) is 7.96. The van der Waals surface area contributed by atoms with E-state index < -0.39 is 11.4 Å². The van der Waals surface area contributed by atoms with Crippen molar-refractivity contribution in [3.05, 3.63) is 33.8 Å². The topological polar surface area (TPSA) is 37.3 Å². The Balaban J connectivity index is 2.00. The number of carbonyl (C=O) groups is 1. The van der Waals surface area contributed by atoms with Gasteiger partial charge in [-0.25, -0.2) is 0 Å². The maximum absolute atomic E-state index is 11.5. The second kappa shape index (κ2) is 5.07. The summed E-state index contributed by atoms with van der Waals surface area (Å²) in [5, 5.41) is 10.3. The third-order valence-corrected chi connectivity index (χ3v) is 5.56. The van der Waals surface area contributed by atoms with Gasteiger partial charge in [0, 0.05) is 5.02 Å².